The van der Waals surface area contributed by atoms with E-state index in [0.717, 1.165) is 24.3 Å². The van der Waals surface area contributed by atoms with Crippen LogP contribution in [-0.2, 0) is 0 Å². The topological polar surface area (TPSA) is 42.7 Å². The van der Waals surface area contributed by atoms with Gasteiger partial charge in [-0.2, -0.15) is 15.0 Å². The Morgan fingerprint density at radius 1 is 1.14 bits per heavy atom. The first kappa shape index (κ1) is 15.7. The molecule has 0 radical (unpaired) electrons. The van der Waals surface area contributed by atoms with Crippen LogP contribution in [0.3, 0.4) is 0 Å². The molecule has 0 saturated carbocycles. The highest BCUT2D eigenvalue weighted by molar-refractivity contribution is 5.28. The number of nitrogens with zero attached hydrogens (tertiary/aromatic N) is 3. The maximum Gasteiger partial charge on any atom is 0.100 e. The summed E-state index contributed by atoms with van der Waals surface area (Å²) in [5.41, 5.74) is 2.04. The monoisotopic (exact) mass is 286 g/mol. The van der Waals surface area contributed by atoms with E-state index in [1.165, 1.54) is 12.8 Å². The van der Waals surface area contributed by atoms with Crippen molar-refractivity contribution in [1.29, 1.82) is 0 Å². The van der Waals surface area contributed by atoms with Gasteiger partial charge in [-0.25, -0.2) is 0 Å². The summed E-state index contributed by atoms with van der Waals surface area (Å²) in [5, 5.41) is 12.7. The van der Waals surface area contributed by atoms with Gasteiger partial charge in [-0.1, -0.05) is 45.4 Å². The summed E-state index contributed by atoms with van der Waals surface area (Å²) in [6.07, 6.45) is 5.41. The van der Waals surface area contributed by atoms with Crippen LogP contribution in [0.15, 0.2) is 36.5 Å². The molecular formula is C17H26N4. The third-order valence-electron chi connectivity index (χ3n) is 3.74. The second kappa shape index (κ2) is 7.93. The lowest BCUT2D eigenvalue weighted by Gasteiger charge is -2.22. The molecule has 2 unspecified atom stereocenters. The lowest BCUT2D eigenvalue weighted by atomic mass is 9.94. The maximum atomic E-state index is 4.68. The van der Waals surface area contributed by atoms with E-state index >= 15 is 0 Å². The summed E-state index contributed by atoms with van der Waals surface area (Å²) in [7, 11) is 0. The largest absolute Gasteiger partial charge is 0.308 e. The van der Waals surface area contributed by atoms with Crippen LogP contribution in [0.5, 0.6) is 0 Å². The number of para-hydroxylation sites is 1. The molecule has 2 atom stereocenters. The molecule has 114 valence electrons. The van der Waals surface area contributed by atoms with E-state index in [4.69, 9.17) is 0 Å². The zero-order valence-corrected chi connectivity index (χ0v) is 13.3. The van der Waals surface area contributed by atoms with Crippen LogP contribution >= 0.6 is 0 Å². The van der Waals surface area contributed by atoms with E-state index in [-0.39, 0.29) is 6.04 Å². The number of hydrogen-bond donors (Lipinski definition) is 1. The fourth-order valence-corrected chi connectivity index (χ4v) is 2.62. The molecule has 1 N–H and O–H groups in total. The Labute approximate surface area is 127 Å². The second-order valence-corrected chi connectivity index (χ2v) is 5.59. The van der Waals surface area contributed by atoms with Crippen LogP contribution in [0.1, 0.15) is 51.8 Å². The summed E-state index contributed by atoms with van der Waals surface area (Å²) < 4.78 is 0. The molecule has 0 spiro atoms. The molecule has 0 fully saturated rings. The predicted molar refractivity (Wildman–Crippen MR) is 86.5 cm³/mol. The Bertz CT molecular complexity index is 521. The van der Waals surface area contributed by atoms with Gasteiger partial charge in [-0.3, -0.25) is 0 Å². The van der Waals surface area contributed by atoms with Crippen LogP contribution < -0.4 is 5.32 Å². The van der Waals surface area contributed by atoms with Crippen molar-refractivity contribution in [2.75, 3.05) is 6.54 Å². The first-order chi connectivity index (χ1) is 10.3. The van der Waals surface area contributed by atoms with Crippen molar-refractivity contribution in [3.05, 3.63) is 42.2 Å². The maximum absolute atomic E-state index is 4.68. The van der Waals surface area contributed by atoms with E-state index in [1.54, 1.807) is 4.80 Å². The molecule has 2 aromatic rings. The fraction of sp³-hybridized carbons (Fsp3) is 0.529. The molecule has 1 heterocycles. The van der Waals surface area contributed by atoms with Crippen molar-refractivity contribution < 1.29 is 0 Å². The number of rotatable bonds is 8. The van der Waals surface area contributed by atoms with Crippen LogP contribution in [0.2, 0.25) is 0 Å². The van der Waals surface area contributed by atoms with Crippen molar-refractivity contribution in [3.63, 3.8) is 0 Å². The molecule has 0 aliphatic heterocycles. The summed E-state index contributed by atoms with van der Waals surface area (Å²) >= 11 is 0. The second-order valence-electron chi connectivity index (χ2n) is 5.59. The van der Waals surface area contributed by atoms with Gasteiger partial charge in [0, 0.05) is 0 Å². The Morgan fingerprint density at radius 2 is 1.90 bits per heavy atom. The minimum atomic E-state index is 0.280. The van der Waals surface area contributed by atoms with E-state index in [1.807, 2.05) is 36.5 Å². The predicted octanol–water partition coefficient (Wildman–Crippen LogP) is 3.74. The molecule has 4 nitrogen and oxygen atoms in total. The van der Waals surface area contributed by atoms with Crippen molar-refractivity contribution in [2.45, 2.75) is 46.1 Å². The van der Waals surface area contributed by atoms with Gasteiger partial charge in [0.05, 0.1) is 17.9 Å². The fourth-order valence-electron chi connectivity index (χ4n) is 2.62. The quantitative estimate of drug-likeness (QED) is 0.803. The van der Waals surface area contributed by atoms with Gasteiger partial charge in [0.2, 0.25) is 0 Å². The van der Waals surface area contributed by atoms with E-state index in [0.29, 0.717) is 5.92 Å². The Morgan fingerprint density at radius 3 is 2.57 bits per heavy atom. The minimum Gasteiger partial charge on any atom is -0.308 e. The van der Waals surface area contributed by atoms with Crippen molar-refractivity contribution in [3.8, 4) is 5.69 Å². The van der Waals surface area contributed by atoms with Crippen molar-refractivity contribution in [2.24, 2.45) is 5.92 Å². The lowest BCUT2D eigenvalue weighted by Crippen LogP contribution is -2.28. The Kier molecular flexibility index (Phi) is 5.93. The van der Waals surface area contributed by atoms with Gasteiger partial charge < -0.3 is 5.32 Å². The smallest absolute Gasteiger partial charge is 0.100 e. The van der Waals surface area contributed by atoms with Crippen LogP contribution in [0.25, 0.3) is 5.69 Å². The third kappa shape index (κ3) is 4.14. The highest BCUT2D eigenvalue weighted by Crippen LogP contribution is 2.24. The molecule has 0 amide bonds. The summed E-state index contributed by atoms with van der Waals surface area (Å²) in [4.78, 5) is 1.72. The summed E-state index contributed by atoms with van der Waals surface area (Å²) in [6, 6.07) is 10.3. The highest BCUT2D eigenvalue weighted by Gasteiger charge is 2.21. The normalized spacial score (nSPS) is 14.0. The highest BCUT2D eigenvalue weighted by atomic mass is 15.5. The average Bonchev–Trinajstić information content (AvgIpc) is 2.98. The van der Waals surface area contributed by atoms with Gasteiger partial charge in [-0.05, 0) is 37.4 Å². The number of hydrogen-bond acceptors (Lipinski definition) is 3. The lowest BCUT2D eigenvalue weighted by molar-refractivity contribution is 0.355. The van der Waals surface area contributed by atoms with E-state index < -0.39 is 0 Å². The molecule has 0 saturated heterocycles. The van der Waals surface area contributed by atoms with E-state index in [9.17, 15) is 0 Å². The molecule has 21 heavy (non-hydrogen) atoms. The molecule has 4 heteroatoms. The van der Waals surface area contributed by atoms with Crippen LogP contribution in [-0.4, -0.2) is 21.5 Å². The minimum absolute atomic E-state index is 0.280. The number of benzene rings is 1. The Balaban J connectivity index is 2.18. The summed E-state index contributed by atoms with van der Waals surface area (Å²) in [6.45, 7) is 7.72. The molecule has 0 bridgehead atoms. The van der Waals surface area contributed by atoms with Gasteiger partial charge in [-0.15, -0.1) is 0 Å². The van der Waals surface area contributed by atoms with Crippen molar-refractivity contribution >= 4 is 0 Å². The zero-order valence-electron chi connectivity index (χ0n) is 13.3. The zero-order chi connectivity index (χ0) is 15.1. The first-order valence-electron chi connectivity index (χ1n) is 7.97. The summed E-state index contributed by atoms with van der Waals surface area (Å²) in [5.74, 6) is 0.558. The van der Waals surface area contributed by atoms with Crippen molar-refractivity contribution in [1.82, 2.24) is 20.3 Å². The van der Waals surface area contributed by atoms with E-state index in [2.05, 4.69) is 36.3 Å². The molecular weight excluding hydrogens is 260 g/mol. The standard InChI is InChI=1S/C17H26N4/c1-4-9-14(3)17(18-12-5-2)16-13-19-21(20-16)15-10-7-6-8-11-15/h6-8,10-11,13-14,17-18H,4-5,9,12H2,1-3H3. The SMILES string of the molecule is CCCNC(c1cnn(-c2ccccc2)n1)C(C)CCC. The van der Waals surface area contributed by atoms with Gasteiger partial charge >= 0.3 is 0 Å². The average molecular weight is 286 g/mol. The Hall–Kier alpha value is -1.68. The number of nitrogens with one attached hydrogen (secondary N) is 1. The molecule has 0 aliphatic rings. The van der Waals surface area contributed by atoms with Crippen LogP contribution in [0, 0.1) is 5.92 Å². The van der Waals surface area contributed by atoms with Gasteiger partial charge in [0.25, 0.3) is 0 Å². The molecule has 2 rings (SSSR count). The van der Waals surface area contributed by atoms with Gasteiger partial charge in [0.1, 0.15) is 5.69 Å². The molecule has 0 aliphatic carbocycles. The van der Waals surface area contributed by atoms with Crippen LogP contribution in [0.4, 0.5) is 0 Å². The third-order valence-corrected chi connectivity index (χ3v) is 3.74. The van der Waals surface area contributed by atoms with Gasteiger partial charge in [0.15, 0.2) is 0 Å². The molecule has 1 aromatic carbocycles. The molecule has 1 aromatic heterocycles. The first-order valence-corrected chi connectivity index (χ1v) is 7.97. The number of aromatic nitrogens is 3.